The summed E-state index contributed by atoms with van der Waals surface area (Å²) in [5, 5.41) is 9.31. The average molecular weight is 360 g/mol. The van der Waals surface area contributed by atoms with Gasteiger partial charge in [0.1, 0.15) is 5.75 Å². The molecule has 0 bridgehead atoms. The van der Waals surface area contributed by atoms with Gasteiger partial charge in [-0.15, -0.1) is 0 Å². The third-order valence-electron chi connectivity index (χ3n) is 3.55. The Labute approximate surface area is 152 Å². The maximum atomic E-state index is 12.0. The van der Waals surface area contributed by atoms with Crippen LogP contribution >= 0.6 is 11.3 Å². The van der Waals surface area contributed by atoms with Gasteiger partial charge in [0.25, 0.3) is 5.91 Å². The highest BCUT2D eigenvalue weighted by Gasteiger charge is 2.11. The molecule has 0 aliphatic carbocycles. The van der Waals surface area contributed by atoms with Crippen molar-refractivity contribution in [3.05, 3.63) is 52.2 Å². The van der Waals surface area contributed by atoms with Gasteiger partial charge in [0.15, 0.2) is 0 Å². The number of ether oxygens (including phenoxy) is 1. The van der Waals surface area contributed by atoms with Crippen molar-refractivity contribution in [3.8, 4) is 5.75 Å². The number of nitrogens with one attached hydrogen (secondary N) is 2. The van der Waals surface area contributed by atoms with Crippen molar-refractivity contribution in [2.45, 2.75) is 39.3 Å². The van der Waals surface area contributed by atoms with E-state index in [1.54, 1.807) is 11.4 Å². The Hall–Kier alpha value is -2.34. The van der Waals surface area contributed by atoms with E-state index in [-0.39, 0.29) is 30.4 Å². The molecule has 0 saturated heterocycles. The summed E-state index contributed by atoms with van der Waals surface area (Å²) in [6, 6.07) is 9.35. The van der Waals surface area contributed by atoms with Gasteiger partial charge in [-0.3, -0.25) is 9.59 Å². The van der Waals surface area contributed by atoms with Crippen LogP contribution in [0, 0.1) is 0 Å². The molecule has 134 valence electrons. The lowest BCUT2D eigenvalue weighted by Crippen LogP contribution is -2.31. The summed E-state index contributed by atoms with van der Waals surface area (Å²) in [6.45, 7) is 6.20. The lowest BCUT2D eigenvalue weighted by atomic mass is 10.1. The van der Waals surface area contributed by atoms with E-state index in [0.717, 1.165) is 11.3 Å². The quantitative estimate of drug-likeness (QED) is 0.757. The summed E-state index contributed by atoms with van der Waals surface area (Å²) in [6.07, 6.45) is 0.377. The number of amides is 2. The number of hydrogen-bond acceptors (Lipinski definition) is 4. The average Bonchev–Trinajstić information content (AvgIpc) is 3.09. The smallest absolute Gasteiger partial charge is 0.252 e. The Morgan fingerprint density at radius 1 is 1.12 bits per heavy atom. The van der Waals surface area contributed by atoms with Crippen LogP contribution in [0.15, 0.2) is 41.1 Å². The molecule has 6 heteroatoms. The van der Waals surface area contributed by atoms with Crippen LogP contribution in [0.2, 0.25) is 0 Å². The first kappa shape index (κ1) is 19.0. The van der Waals surface area contributed by atoms with E-state index in [4.69, 9.17) is 4.74 Å². The minimum Gasteiger partial charge on any atom is -0.491 e. The number of carbonyl (C=O) groups is 2. The van der Waals surface area contributed by atoms with Gasteiger partial charge in [-0.05, 0) is 49.9 Å². The third kappa shape index (κ3) is 6.23. The van der Waals surface area contributed by atoms with E-state index in [1.165, 1.54) is 11.3 Å². The molecule has 1 aromatic heterocycles. The fraction of sp³-hybridized carbons (Fsp3) is 0.368. The first-order valence-corrected chi connectivity index (χ1v) is 9.26. The molecule has 2 rings (SSSR count). The van der Waals surface area contributed by atoms with Crippen LogP contribution in [0.25, 0.3) is 0 Å². The standard InChI is InChI=1S/C19H24N2O3S/c1-13(2)24-17-6-4-15(5-7-17)14(3)21-18(22)8-10-20-19(23)16-9-11-25-12-16/h4-7,9,11-14H,8,10H2,1-3H3,(H,20,23)(H,21,22). The maximum Gasteiger partial charge on any atom is 0.252 e. The fourth-order valence-corrected chi connectivity index (χ4v) is 2.93. The van der Waals surface area contributed by atoms with Crippen molar-refractivity contribution in [1.82, 2.24) is 10.6 Å². The largest absolute Gasteiger partial charge is 0.491 e. The van der Waals surface area contributed by atoms with Crippen LogP contribution in [0.4, 0.5) is 0 Å². The predicted molar refractivity (Wildman–Crippen MR) is 100 cm³/mol. The zero-order valence-electron chi connectivity index (χ0n) is 14.7. The predicted octanol–water partition coefficient (Wildman–Crippen LogP) is 3.53. The Morgan fingerprint density at radius 2 is 1.84 bits per heavy atom. The first-order chi connectivity index (χ1) is 12.0. The van der Waals surface area contributed by atoms with Crippen molar-refractivity contribution < 1.29 is 14.3 Å². The SMILES string of the molecule is CC(C)Oc1ccc(C(C)NC(=O)CCNC(=O)c2ccsc2)cc1. The second-order valence-electron chi connectivity index (χ2n) is 6.04. The highest BCUT2D eigenvalue weighted by atomic mass is 32.1. The van der Waals surface area contributed by atoms with Crippen molar-refractivity contribution in [3.63, 3.8) is 0 Å². The van der Waals surface area contributed by atoms with E-state index in [9.17, 15) is 9.59 Å². The molecule has 5 nitrogen and oxygen atoms in total. The minimum atomic E-state index is -0.150. The van der Waals surface area contributed by atoms with E-state index in [0.29, 0.717) is 12.1 Å². The second-order valence-corrected chi connectivity index (χ2v) is 6.82. The second kappa shape index (κ2) is 9.22. The summed E-state index contributed by atoms with van der Waals surface area (Å²) < 4.78 is 5.61. The summed E-state index contributed by atoms with van der Waals surface area (Å²) in [5.74, 6) is 0.567. The lowest BCUT2D eigenvalue weighted by Gasteiger charge is -2.16. The molecule has 25 heavy (non-hydrogen) atoms. The molecule has 0 fully saturated rings. The lowest BCUT2D eigenvalue weighted by molar-refractivity contribution is -0.121. The van der Waals surface area contributed by atoms with Crippen LogP contribution in [0.1, 0.15) is 49.2 Å². The van der Waals surface area contributed by atoms with Crippen molar-refractivity contribution >= 4 is 23.2 Å². The summed E-state index contributed by atoms with van der Waals surface area (Å²) >= 11 is 1.47. The number of benzene rings is 1. The van der Waals surface area contributed by atoms with Crippen LogP contribution in [-0.2, 0) is 4.79 Å². The van der Waals surface area contributed by atoms with Crippen molar-refractivity contribution in [1.29, 1.82) is 0 Å². The number of rotatable bonds is 8. The van der Waals surface area contributed by atoms with Gasteiger partial charge in [-0.25, -0.2) is 0 Å². The normalized spacial score (nSPS) is 11.8. The highest BCUT2D eigenvalue weighted by molar-refractivity contribution is 7.08. The molecule has 1 aromatic carbocycles. The van der Waals surface area contributed by atoms with E-state index >= 15 is 0 Å². The summed E-state index contributed by atoms with van der Waals surface area (Å²) in [7, 11) is 0. The van der Waals surface area contributed by atoms with E-state index < -0.39 is 0 Å². The van der Waals surface area contributed by atoms with E-state index in [2.05, 4.69) is 10.6 Å². The van der Waals surface area contributed by atoms with Gasteiger partial charge in [-0.2, -0.15) is 11.3 Å². The molecule has 2 N–H and O–H groups in total. The number of thiophene rings is 1. The van der Waals surface area contributed by atoms with Gasteiger partial charge in [0.05, 0.1) is 12.1 Å². The highest BCUT2D eigenvalue weighted by Crippen LogP contribution is 2.18. The Morgan fingerprint density at radius 3 is 2.44 bits per heavy atom. The molecule has 2 aromatic rings. The van der Waals surface area contributed by atoms with E-state index in [1.807, 2.05) is 50.4 Å². The topological polar surface area (TPSA) is 67.4 Å². The minimum absolute atomic E-state index is 0.0966. The van der Waals surface area contributed by atoms with Crippen LogP contribution < -0.4 is 15.4 Å². The molecular formula is C19H24N2O3S. The molecule has 0 spiro atoms. The van der Waals surface area contributed by atoms with Crippen molar-refractivity contribution in [2.24, 2.45) is 0 Å². The van der Waals surface area contributed by atoms with Gasteiger partial charge in [0.2, 0.25) is 5.91 Å². The Bertz CT molecular complexity index is 681. The van der Waals surface area contributed by atoms with Crippen LogP contribution in [0.5, 0.6) is 5.75 Å². The van der Waals surface area contributed by atoms with Crippen LogP contribution in [0.3, 0.4) is 0 Å². The maximum absolute atomic E-state index is 12.0. The zero-order valence-corrected chi connectivity index (χ0v) is 15.6. The molecule has 0 radical (unpaired) electrons. The summed E-state index contributed by atoms with van der Waals surface area (Å²) in [5.41, 5.74) is 1.63. The molecule has 1 heterocycles. The molecule has 1 unspecified atom stereocenters. The number of hydrogen-bond donors (Lipinski definition) is 2. The van der Waals surface area contributed by atoms with Gasteiger partial charge in [0, 0.05) is 23.9 Å². The number of carbonyl (C=O) groups excluding carboxylic acids is 2. The molecule has 2 amide bonds. The van der Waals surface area contributed by atoms with Gasteiger partial charge >= 0.3 is 0 Å². The third-order valence-corrected chi connectivity index (χ3v) is 4.23. The molecule has 0 aliphatic heterocycles. The zero-order chi connectivity index (χ0) is 18.2. The molecular weight excluding hydrogens is 336 g/mol. The Kier molecular flexibility index (Phi) is 7.01. The molecule has 0 aliphatic rings. The monoisotopic (exact) mass is 360 g/mol. The van der Waals surface area contributed by atoms with Gasteiger partial charge in [-0.1, -0.05) is 12.1 Å². The Balaban J connectivity index is 1.75. The fourth-order valence-electron chi connectivity index (χ4n) is 2.29. The van der Waals surface area contributed by atoms with Crippen molar-refractivity contribution in [2.75, 3.05) is 6.54 Å². The van der Waals surface area contributed by atoms with Gasteiger partial charge < -0.3 is 15.4 Å². The molecule has 1 atom stereocenters. The molecule has 0 saturated carbocycles. The first-order valence-electron chi connectivity index (χ1n) is 8.32. The van der Waals surface area contributed by atoms with Crippen LogP contribution in [-0.4, -0.2) is 24.5 Å². The summed E-state index contributed by atoms with van der Waals surface area (Å²) in [4.78, 5) is 23.8.